The fraction of sp³-hybridized carbons (Fsp3) is 0.714. The average Bonchev–Trinajstić information content (AvgIpc) is 2.89. The lowest BCUT2D eigenvalue weighted by atomic mass is 10.00. The quantitative estimate of drug-likeness (QED) is 0.475. The minimum absolute atomic E-state index is 0. The van der Waals surface area contributed by atoms with Crippen molar-refractivity contribution in [3.63, 3.8) is 0 Å². The fourth-order valence-corrected chi connectivity index (χ4v) is 3.10. The van der Waals surface area contributed by atoms with Crippen molar-refractivity contribution in [2.24, 2.45) is 10.9 Å². The van der Waals surface area contributed by atoms with Crippen LogP contribution in [-0.4, -0.2) is 36.0 Å². The topological polar surface area (TPSA) is 40.5 Å². The third kappa shape index (κ3) is 4.87. The number of piperidine rings is 1. The van der Waals surface area contributed by atoms with Crippen LogP contribution in [-0.2, 0) is 13.0 Å². The Labute approximate surface area is 143 Å². The first kappa shape index (κ1) is 17.7. The van der Waals surface area contributed by atoms with E-state index in [1.165, 1.54) is 17.7 Å². The van der Waals surface area contributed by atoms with E-state index in [4.69, 9.17) is 0 Å². The molecule has 0 bridgehead atoms. The number of aliphatic imine (C=N–C) groups is 1. The van der Waals surface area contributed by atoms with Crippen LogP contribution in [0.25, 0.3) is 0 Å². The first-order chi connectivity index (χ1) is 9.22. The summed E-state index contributed by atoms with van der Waals surface area (Å²) >= 11 is 1.79. The highest BCUT2D eigenvalue weighted by Crippen LogP contribution is 2.16. The number of aryl methyl sites for hydroxylation is 1. The van der Waals surface area contributed by atoms with E-state index in [0.717, 1.165) is 42.9 Å². The van der Waals surface area contributed by atoms with Crippen LogP contribution >= 0.6 is 35.3 Å². The monoisotopic (exact) mass is 408 g/mol. The number of thiazole rings is 1. The molecule has 6 heteroatoms. The van der Waals surface area contributed by atoms with Gasteiger partial charge in [0, 0.05) is 31.2 Å². The van der Waals surface area contributed by atoms with Crippen LogP contribution in [0.1, 0.15) is 36.6 Å². The number of guanidine groups is 1. The molecule has 1 aromatic rings. The summed E-state index contributed by atoms with van der Waals surface area (Å²) in [4.78, 5) is 12.5. The Hall–Kier alpha value is -0.370. The van der Waals surface area contributed by atoms with Gasteiger partial charge in [0.05, 0.1) is 6.54 Å². The molecule has 1 N–H and O–H groups in total. The van der Waals surface area contributed by atoms with Gasteiger partial charge >= 0.3 is 0 Å². The fourth-order valence-electron chi connectivity index (χ4n) is 2.30. The maximum absolute atomic E-state index is 4.43. The standard InChI is InChI=1S/C14H24N4S.HI/c1-4-12-9-16-13(19-12)10-17-14(15-3)18-7-5-11(2)6-8-18;/h9,11H,4-8,10H2,1-3H3,(H,15,17);1H. The predicted molar refractivity (Wildman–Crippen MR) is 97.1 cm³/mol. The Kier molecular flexibility index (Phi) is 7.79. The molecule has 1 saturated heterocycles. The molecule has 0 spiro atoms. The van der Waals surface area contributed by atoms with Crippen molar-refractivity contribution in [3.05, 3.63) is 16.1 Å². The zero-order chi connectivity index (χ0) is 13.7. The molecule has 0 aromatic carbocycles. The molecule has 1 aliphatic heterocycles. The van der Waals surface area contributed by atoms with E-state index >= 15 is 0 Å². The van der Waals surface area contributed by atoms with Gasteiger partial charge < -0.3 is 10.2 Å². The second kappa shape index (κ2) is 8.81. The molecule has 1 fully saturated rings. The molecule has 0 aliphatic carbocycles. The van der Waals surface area contributed by atoms with Crippen LogP contribution in [0.2, 0.25) is 0 Å². The summed E-state index contributed by atoms with van der Waals surface area (Å²) < 4.78 is 0. The van der Waals surface area contributed by atoms with Crippen molar-refractivity contribution in [1.29, 1.82) is 0 Å². The lowest BCUT2D eigenvalue weighted by molar-refractivity contribution is 0.273. The number of hydrogen-bond donors (Lipinski definition) is 1. The minimum Gasteiger partial charge on any atom is -0.350 e. The van der Waals surface area contributed by atoms with Crippen LogP contribution in [0.5, 0.6) is 0 Å². The lowest BCUT2D eigenvalue weighted by Crippen LogP contribution is -2.45. The SMILES string of the molecule is CCc1cnc(CNC(=NC)N2CCC(C)CC2)s1.I. The Morgan fingerprint density at radius 2 is 2.20 bits per heavy atom. The van der Waals surface area contributed by atoms with Crippen LogP contribution in [0.15, 0.2) is 11.2 Å². The second-order valence-electron chi connectivity index (χ2n) is 5.14. The smallest absolute Gasteiger partial charge is 0.193 e. The Bertz CT molecular complexity index is 425. The second-order valence-corrected chi connectivity index (χ2v) is 6.34. The lowest BCUT2D eigenvalue weighted by Gasteiger charge is -2.32. The highest BCUT2D eigenvalue weighted by atomic mass is 127. The zero-order valence-electron chi connectivity index (χ0n) is 12.6. The number of halogens is 1. The predicted octanol–water partition coefficient (Wildman–Crippen LogP) is 3.13. The van der Waals surface area contributed by atoms with Gasteiger partial charge in [-0.1, -0.05) is 13.8 Å². The van der Waals surface area contributed by atoms with Gasteiger partial charge in [0.25, 0.3) is 0 Å². The third-order valence-electron chi connectivity index (χ3n) is 3.64. The highest BCUT2D eigenvalue weighted by molar-refractivity contribution is 14.0. The molecule has 4 nitrogen and oxygen atoms in total. The summed E-state index contributed by atoms with van der Waals surface area (Å²) in [7, 11) is 1.86. The Morgan fingerprint density at radius 3 is 2.75 bits per heavy atom. The van der Waals surface area contributed by atoms with Crippen LogP contribution < -0.4 is 5.32 Å². The van der Waals surface area contributed by atoms with E-state index in [9.17, 15) is 0 Å². The van der Waals surface area contributed by atoms with Crippen LogP contribution in [0.3, 0.4) is 0 Å². The van der Waals surface area contributed by atoms with Gasteiger partial charge in [-0.25, -0.2) is 4.98 Å². The summed E-state index contributed by atoms with van der Waals surface area (Å²) in [5, 5.41) is 4.57. The van der Waals surface area contributed by atoms with E-state index in [1.807, 2.05) is 13.2 Å². The minimum atomic E-state index is 0. The van der Waals surface area contributed by atoms with Crippen molar-refractivity contribution < 1.29 is 0 Å². The first-order valence-electron chi connectivity index (χ1n) is 7.12. The maximum Gasteiger partial charge on any atom is 0.193 e. The molecule has 1 aromatic heterocycles. The van der Waals surface area contributed by atoms with Gasteiger partial charge in [-0.2, -0.15) is 0 Å². The number of likely N-dealkylation sites (tertiary alicyclic amines) is 1. The molecule has 0 amide bonds. The van der Waals surface area contributed by atoms with Crippen LogP contribution in [0, 0.1) is 5.92 Å². The summed E-state index contributed by atoms with van der Waals surface area (Å²) in [6.45, 7) is 7.50. The van der Waals surface area contributed by atoms with E-state index in [0.29, 0.717) is 0 Å². The molecular weight excluding hydrogens is 383 g/mol. The highest BCUT2D eigenvalue weighted by Gasteiger charge is 2.18. The van der Waals surface area contributed by atoms with E-state index in [1.54, 1.807) is 11.3 Å². The van der Waals surface area contributed by atoms with Gasteiger partial charge in [-0.15, -0.1) is 35.3 Å². The van der Waals surface area contributed by atoms with E-state index in [-0.39, 0.29) is 24.0 Å². The number of aromatic nitrogens is 1. The average molecular weight is 408 g/mol. The first-order valence-corrected chi connectivity index (χ1v) is 7.93. The molecule has 1 aliphatic rings. The number of nitrogens with one attached hydrogen (secondary N) is 1. The molecular formula is C14H25IN4S. The number of hydrogen-bond acceptors (Lipinski definition) is 3. The summed E-state index contributed by atoms with van der Waals surface area (Å²) in [6, 6.07) is 0. The van der Waals surface area contributed by atoms with Crippen molar-refractivity contribution >= 4 is 41.3 Å². The summed E-state index contributed by atoms with van der Waals surface area (Å²) in [6.07, 6.45) is 5.57. The maximum atomic E-state index is 4.43. The Balaban J connectivity index is 0.00000200. The van der Waals surface area contributed by atoms with Crippen molar-refractivity contribution in [2.45, 2.75) is 39.7 Å². The van der Waals surface area contributed by atoms with E-state index < -0.39 is 0 Å². The van der Waals surface area contributed by atoms with Crippen molar-refractivity contribution in [3.8, 4) is 0 Å². The molecule has 0 unspecified atom stereocenters. The number of nitrogens with zero attached hydrogens (tertiary/aromatic N) is 3. The molecule has 0 radical (unpaired) electrons. The summed E-state index contributed by atoms with van der Waals surface area (Å²) in [5.41, 5.74) is 0. The molecule has 2 rings (SSSR count). The third-order valence-corrected chi connectivity index (χ3v) is 4.78. The molecule has 2 heterocycles. The summed E-state index contributed by atoms with van der Waals surface area (Å²) in [5.74, 6) is 1.86. The van der Waals surface area contributed by atoms with Crippen molar-refractivity contribution in [1.82, 2.24) is 15.2 Å². The van der Waals surface area contributed by atoms with Gasteiger partial charge in [-0.05, 0) is 25.2 Å². The van der Waals surface area contributed by atoms with Crippen molar-refractivity contribution in [2.75, 3.05) is 20.1 Å². The van der Waals surface area contributed by atoms with Crippen LogP contribution in [0.4, 0.5) is 0 Å². The van der Waals surface area contributed by atoms with E-state index in [2.05, 4.69) is 34.0 Å². The Morgan fingerprint density at radius 1 is 1.50 bits per heavy atom. The zero-order valence-corrected chi connectivity index (χ0v) is 15.7. The molecule has 0 saturated carbocycles. The van der Waals surface area contributed by atoms with Gasteiger partial charge in [0.2, 0.25) is 0 Å². The molecule has 114 valence electrons. The molecule has 20 heavy (non-hydrogen) atoms. The van der Waals surface area contributed by atoms with Gasteiger partial charge in [0.15, 0.2) is 5.96 Å². The van der Waals surface area contributed by atoms with Gasteiger partial charge in [0.1, 0.15) is 5.01 Å². The largest absolute Gasteiger partial charge is 0.350 e. The normalized spacial score (nSPS) is 16.9. The molecule has 0 atom stereocenters. The van der Waals surface area contributed by atoms with Gasteiger partial charge in [-0.3, -0.25) is 4.99 Å². The number of rotatable bonds is 3.